The van der Waals surface area contributed by atoms with Crippen molar-refractivity contribution in [1.82, 2.24) is 0 Å². The molecule has 0 atom stereocenters. The summed E-state index contributed by atoms with van der Waals surface area (Å²) in [4.78, 5) is 9.86. The Morgan fingerprint density at radius 1 is 1.27 bits per heavy atom. The summed E-state index contributed by atoms with van der Waals surface area (Å²) in [7, 11) is 1.58. The van der Waals surface area contributed by atoms with Gasteiger partial charge in [-0.25, -0.2) is 0 Å². The van der Waals surface area contributed by atoms with E-state index in [9.17, 15) is 9.90 Å². The van der Waals surface area contributed by atoms with Crippen LogP contribution in [0.5, 0.6) is 5.75 Å². The molecular weight excluding hydrogens is 200 g/mol. The molecule has 0 aliphatic heterocycles. The molecule has 0 fully saturated rings. The molecule has 5 heteroatoms. The molecule has 0 aliphatic carbocycles. The summed E-state index contributed by atoms with van der Waals surface area (Å²) in [6, 6.07) is 7.21. The van der Waals surface area contributed by atoms with Crippen LogP contribution in [0.4, 0.5) is 4.79 Å². The maximum Gasteiger partial charge on any atom is 0.552 e. The number of methoxy groups -OCH3 is 1. The van der Waals surface area contributed by atoms with Crippen LogP contribution in [-0.4, -0.2) is 20.1 Å². The van der Waals surface area contributed by atoms with E-state index >= 15 is 0 Å². The normalized spacial score (nSPS) is 9.67. The van der Waals surface area contributed by atoms with Gasteiger partial charge in [0.15, 0.2) is 6.79 Å². The third-order valence-corrected chi connectivity index (χ3v) is 1.69. The standard InChI is InChI=1S/C10H11O5/c1-13-9-4-2-8(3-5-9)6-14-7-15-10(11)12/h2-5H,6-7H2,1H3. The fraction of sp³-hybridized carbons (Fsp3) is 0.300. The molecule has 1 aromatic carbocycles. The number of hydrogen-bond donors (Lipinski definition) is 0. The van der Waals surface area contributed by atoms with Gasteiger partial charge < -0.3 is 14.2 Å². The van der Waals surface area contributed by atoms with E-state index in [-0.39, 0.29) is 13.4 Å². The molecule has 0 saturated heterocycles. The van der Waals surface area contributed by atoms with Crippen molar-refractivity contribution in [2.24, 2.45) is 0 Å². The molecular formula is C10H11O5. The highest BCUT2D eigenvalue weighted by molar-refractivity contribution is 5.56. The van der Waals surface area contributed by atoms with Crippen molar-refractivity contribution in [1.29, 1.82) is 0 Å². The maximum atomic E-state index is 9.86. The first kappa shape index (κ1) is 11.3. The van der Waals surface area contributed by atoms with Crippen LogP contribution in [0.15, 0.2) is 24.3 Å². The minimum Gasteiger partial charge on any atom is -0.497 e. The minimum absolute atomic E-state index is 0.275. The number of hydrogen-bond acceptors (Lipinski definition) is 4. The van der Waals surface area contributed by atoms with E-state index in [1.165, 1.54) is 0 Å². The predicted octanol–water partition coefficient (Wildman–Crippen LogP) is 1.74. The van der Waals surface area contributed by atoms with Crippen molar-refractivity contribution < 1.29 is 24.1 Å². The Labute approximate surface area is 87.2 Å². The van der Waals surface area contributed by atoms with Crippen LogP contribution < -0.4 is 4.74 Å². The van der Waals surface area contributed by atoms with Crippen LogP contribution in [0, 0.1) is 0 Å². The Kier molecular flexibility index (Phi) is 4.43. The molecule has 0 aliphatic rings. The van der Waals surface area contributed by atoms with Gasteiger partial charge in [-0.3, -0.25) is 0 Å². The van der Waals surface area contributed by atoms with Crippen molar-refractivity contribution in [3.8, 4) is 5.75 Å². The first-order chi connectivity index (χ1) is 7.22. The van der Waals surface area contributed by atoms with Crippen molar-refractivity contribution in [2.45, 2.75) is 6.61 Å². The summed E-state index contributed by atoms with van der Waals surface area (Å²) in [6.45, 7) is -0.0500. The number of carbonyl (C=O) groups excluding carboxylic acids is 1. The van der Waals surface area contributed by atoms with E-state index in [4.69, 9.17) is 9.47 Å². The average molecular weight is 211 g/mol. The molecule has 1 aromatic rings. The highest BCUT2D eigenvalue weighted by Crippen LogP contribution is 2.11. The molecule has 0 saturated carbocycles. The lowest BCUT2D eigenvalue weighted by Gasteiger charge is -2.04. The maximum absolute atomic E-state index is 9.86. The van der Waals surface area contributed by atoms with Gasteiger partial charge >= 0.3 is 6.16 Å². The zero-order valence-electron chi connectivity index (χ0n) is 8.26. The Bertz CT molecular complexity index is 306. The smallest absolute Gasteiger partial charge is 0.497 e. The van der Waals surface area contributed by atoms with E-state index in [2.05, 4.69) is 4.74 Å². The predicted molar refractivity (Wildman–Crippen MR) is 49.8 cm³/mol. The van der Waals surface area contributed by atoms with Crippen LogP contribution >= 0.6 is 0 Å². The average Bonchev–Trinajstić information content (AvgIpc) is 2.25. The van der Waals surface area contributed by atoms with E-state index in [1.54, 1.807) is 19.2 Å². The van der Waals surface area contributed by atoms with Gasteiger partial charge in [0.05, 0.1) is 13.7 Å². The van der Waals surface area contributed by atoms with Gasteiger partial charge in [-0.15, -0.1) is 0 Å². The van der Waals surface area contributed by atoms with Crippen molar-refractivity contribution in [2.75, 3.05) is 13.9 Å². The Morgan fingerprint density at radius 3 is 2.47 bits per heavy atom. The fourth-order valence-electron chi connectivity index (χ4n) is 0.971. The van der Waals surface area contributed by atoms with Gasteiger partial charge in [-0.2, -0.15) is 9.90 Å². The lowest BCUT2D eigenvalue weighted by molar-refractivity contribution is -0.0489. The summed E-state index contributed by atoms with van der Waals surface area (Å²) in [5, 5.41) is 9.86. The summed E-state index contributed by atoms with van der Waals surface area (Å²) in [6.07, 6.45) is -1.59. The third-order valence-electron chi connectivity index (χ3n) is 1.69. The number of benzene rings is 1. The summed E-state index contributed by atoms with van der Waals surface area (Å²) in [5.41, 5.74) is 0.901. The SMILES string of the molecule is COc1ccc(COCOC([O])=O)cc1. The molecule has 0 amide bonds. The second-order valence-corrected chi connectivity index (χ2v) is 2.71. The summed E-state index contributed by atoms with van der Waals surface area (Å²) < 4.78 is 14.0. The van der Waals surface area contributed by atoms with Gasteiger partial charge in [-0.1, -0.05) is 12.1 Å². The van der Waals surface area contributed by atoms with E-state index < -0.39 is 6.16 Å². The van der Waals surface area contributed by atoms with Gasteiger partial charge in [0.25, 0.3) is 0 Å². The number of carbonyl (C=O) groups is 1. The Morgan fingerprint density at radius 2 is 1.93 bits per heavy atom. The van der Waals surface area contributed by atoms with Crippen LogP contribution in [0.2, 0.25) is 0 Å². The van der Waals surface area contributed by atoms with Gasteiger partial charge in [0.2, 0.25) is 0 Å². The van der Waals surface area contributed by atoms with Crippen molar-refractivity contribution >= 4 is 6.16 Å². The first-order valence-corrected chi connectivity index (χ1v) is 4.27. The molecule has 15 heavy (non-hydrogen) atoms. The van der Waals surface area contributed by atoms with Gasteiger partial charge in [0, 0.05) is 0 Å². The number of rotatable bonds is 5. The monoisotopic (exact) mass is 211 g/mol. The summed E-state index contributed by atoms with van der Waals surface area (Å²) >= 11 is 0. The second-order valence-electron chi connectivity index (χ2n) is 2.71. The molecule has 0 heterocycles. The van der Waals surface area contributed by atoms with Gasteiger partial charge in [-0.05, 0) is 17.7 Å². The highest BCUT2D eigenvalue weighted by Gasteiger charge is 1.99. The fourth-order valence-corrected chi connectivity index (χ4v) is 0.971. The van der Waals surface area contributed by atoms with E-state index in [0.29, 0.717) is 0 Å². The lowest BCUT2D eigenvalue weighted by atomic mass is 10.2. The molecule has 0 spiro atoms. The molecule has 0 bridgehead atoms. The van der Waals surface area contributed by atoms with Gasteiger partial charge in [0.1, 0.15) is 5.75 Å². The largest absolute Gasteiger partial charge is 0.552 e. The number of ether oxygens (including phenoxy) is 3. The topological polar surface area (TPSA) is 64.7 Å². The van der Waals surface area contributed by atoms with Crippen molar-refractivity contribution in [3.05, 3.63) is 29.8 Å². The van der Waals surface area contributed by atoms with E-state index in [0.717, 1.165) is 11.3 Å². The van der Waals surface area contributed by atoms with Crippen molar-refractivity contribution in [3.63, 3.8) is 0 Å². The molecule has 0 unspecified atom stereocenters. The zero-order valence-corrected chi connectivity index (χ0v) is 8.26. The van der Waals surface area contributed by atoms with Crippen LogP contribution in [0.1, 0.15) is 5.56 Å². The van der Waals surface area contributed by atoms with Crippen LogP contribution in [0.25, 0.3) is 0 Å². The molecule has 1 radical (unpaired) electrons. The van der Waals surface area contributed by atoms with E-state index in [1.807, 2.05) is 12.1 Å². The quantitative estimate of drug-likeness (QED) is 0.422. The molecule has 1 rings (SSSR count). The zero-order chi connectivity index (χ0) is 11.1. The lowest BCUT2D eigenvalue weighted by Crippen LogP contribution is -2.04. The van der Waals surface area contributed by atoms with Crippen LogP contribution in [-0.2, 0) is 21.2 Å². The van der Waals surface area contributed by atoms with Crippen LogP contribution in [0.3, 0.4) is 0 Å². The minimum atomic E-state index is -1.59. The molecule has 0 aromatic heterocycles. The molecule has 0 N–H and O–H groups in total. The Balaban J connectivity index is 2.28. The highest BCUT2D eigenvalue weighted by atomic mass is 16.7. The first-order valence-electron chi connectivity index (χ1n) is 4.27. The molecule has 5 nitrogen and oxygen atoms in total. The molecule has 81 valence electrons. The summed E-state index contributed by atoms with van der Waals surface area (Å²) in [5.74, 6) is 0.754. The second kappa shape index (κ2) is 5.87. The third kappa shape index (κ3) is 4.33. The Hall–Kier alpha value is -1.75.